The third kappa shape index (κ3) is 4.47. The van der Waals surface area contributed by atoms with Crippen LogP contribution < -0.4 is 5.84 Å². The molecular formula is C23H23IN4O4S2. The maximum Gasteiger partial charge on any atom is 0.239 e. The number of nitrogens with zero attached hydrogens (tertiary/aromatic N) is 3. The molecule has 11 heteroatoms. The monoisotopic (exact) mass is 610 g/mol. The average molecular weight is 610 g/mol. The van der Waals surface area contributed by atoms with Gasteiger partial charge in [-0.3, -0.25) is 4.79 Å². The SMILES string of the molecule is NN(Cc1nc2ccccc2s1)C1=C(C(I)C(=O)N2CCOCC2)CS(=O)(=O)c2ccccc21. The molecule has 2 aromatic carbocycles. The lowest BCUT2D eigenvalue weighted by Crippen LogP contribution is -2.46. The second-order valence-corrected chi connectivity index (χ2v) is 12.5. The van der Waals surface area contributed by atoms with Crippen LogP contribution in [0.15, 0.2) is 59.0 Å². The Morgan fingerprint density at radius 2 is 1.88 bits per heavy atom. The van der Waals surface area contributed by atoms with Gasteiger partial charge in [0.05, 0.1) is 46.3 Å². The molecular weight excluding hydrogens is 587 g/mol. The Balaban J connectivity index is 1.57. The molecule has 2 N–H and O–H groups in total. The highest BCUT2D eigenvalue weighted by atomic mass is 127. The first-order valence-electron chi connectivity index (χ1n) is 10.8. The smallest absolute Gasteiger partial charge is 0.239 e. The molecule has 3 aromatic rings. The number of carbonyl (C=O) groups excluding carboxylic acids is 1. The lowest BCUT2D eigenvalue weighted by atomic mass is 10.0. The van der Waals surface area contributed by atoms with E-state index >= 15 is 0 Å². The van der Waals surface area contributed by atoms with Gasteiger partial charge in [-0.25, -0.2) is 19.2 Å². The first-order chi connectivity index (χ1) is 16.3. The van der Waals surface area contributed by atoms with Gasteiger partial charge in [-0.15, -0.1) is 11.3 Å². The van der Waals surface area contributed by atoms with Crippen molar-refractivity contribution in [2.24, 2.45) is 5.84 Å². The number of fused-ring (bicyclic) bond motifs is 2. The zero-order valence-corrected chi connectivity index (χ0v) is 22.0. The zero-order chi connectivity index (χ0) is 23.9. The second kappa shape index (κ2) is 9.53. The number of benzene rings is 2. The Labute approximate surface area is 215 Å². The summed E-state index contributed by atoms with van der Waals surface area (Å²) in [6.07, 6.45) is 0. The zero-order valence-electron chi connectivity index (χ0n) is 18.2. The largest absolute Gasteiger partial charge is 0.378 e. The number of halogens is 1. The van der Waals surface area contributed by atoms with E-state index in [1.54, 1.807) is 45.5 Å². The molecule has 34 heavy (non-hydrogen) atoms. The van der Waals surface area contributed by atoms with Gasteiger partial charge < -0.3 is 14.6 Å². The molecule has 2 aliphatic rings. The fourth-order valence-corrected chi connectivity index (χ4v) is 8.12. The van der Waals surface area contributed by atoms with Crippen LogP contribution >= 0.6 is 33.9 Å². The van der Waals surface area contributed by atoms with E-state index in [1.165, 1.54) is 0 Å². The number of aromatic nitrogens is 1. The van der Waals surface area contributed by atoms with Crippen LogP contribution in [0.5, 0.6) is 0 Å². The fourth-order valence-electron chi connectivity index (χ4n) is 4.30. The van der Waals surface area contributed by atoms with Crippen molar-refractivity contribution in [3.05, 3.63) is 64.7 Å². The quantitative estimate of drug-likeness (QED) is 0.205. The van der Waals surface area contributed by atoms with E-state index in [0.717, 1.165) is 15.2 Å². The van der Waals surface area contributed by atoms with Crippen molar-refractivity contribution >= 4 is 65.6 Å². The number of morpholine rings is 1. The van der Waals surface area contributed by atoms with Gasteiger partial charge in [0, 0.05) is 18.7 Å². The molecule has 2 aliphatic heterocycles. The van der Waals surface area contributed by atoms with Crippen molar-refractivity contribution in [2.45, 2.75) is 15.4 Å². The number of nitrogens with two attached hydrogens (primary N) is 1. The summed E-state index contributed by atoms with van der Waals surface area (Å²) >= 11 is 3.59. The van der Waals surface area contributed by atoms with Gasteiger partial charge in [-0.2, -0.15) is 0 Å². The highest BCUT2D eigenvalue weighted by Gasteiger charge is 2.38. The van der Waals surface area contributed by atoms with Crippen LogP contribution in [0.4, 0.5) is 0 Å². The minimum atomic E-state index is -3.61. The molecule has 1 fully saturated rings. The maximum absolute atomic E-state index is 13.3. The van der Waals surface area contributed by atoms with Crippen LogP contribution in [0, 0.1) is 0 Å². The number of para-hydroxylation sites is 1. The first-order valence-corrected chi connectivity index (χ1v) is 14.5. The minimum absolute atomic E-state index is 0.126. The number of sulfone groups is 1. The molecule has 1 atom stereocenters. The molecule has 1 saturated heterocycles. The summed E-state index contributed by atoms with van der Waals surface area (Å²) in [6, 6.07) is 14.7. The molecule has 178 valence electrons. The van der Waals surface area contributed by atoms with Crippen LogP contribution in [0.1, 0.15) is 10.6 Å². The third-order valence-corrected chi connectivity index (χ3v) is 9.93. The van der Waals surface area contributed by atoms with E-state index < -0.39 is 13.8 Å². The first kappa shape index (κ1) is 23.7. The van der Waals surface area contributed by atoms with Crippen LogP contribution in [-0.2, 0) is 25.9 Å². The summed E-state index contributed by atoms with van der Waals surface area (Å²) in [5.74, 6) is 6.23. The van der Waals surface area contributed by atoms with Crippen molar-refractivity contribution in [2.75, 3.05) is 32.1 Å². The number of hydrogen-bond donors (Lipinski definition) is 1. The molecule has 0 aliphatic carbocycles. The number of hydrazine groups is 1. The topological polar surface area (TPSA) is 106 Å². The number of rotatable bonds is 5. The van der Waals surface area contributed by atoms with Gasteiger partial charge in [-0.05, 0) is 23.8 Å². The van der Waals surface area contributed by atoms with Crippen molar-refractivity contribution in [3.63, 3.8) is 0 Å². The van der Waals surface area contributed by atoms with Crippen molar-refractivity contribution in [1.82, 2.24) is 14.9 Å². The molecule has 0 bridgehead atoms. The minimum Gasteiger partial charge on any atom is -0.378 e. The van der Waals surface area contributed by atoms with Crippen LogP contribution in [-0.4, -0.2) is 65.2 Å². The van der Waals surface area contributed by atoms with Gasteiger partial charge in [-0.1, -0.05) is 52.9 Å². The molecule has 1 aromatic heterocycles. The van der Waals surface area contributed by atoms with E-state index in [9.17, 15) is 13.2 Å². The van der Waals surface area contributed by atoms with Crippen LogP contribution in [0.25, 0.3) is 15.9 Å². The molecule has 0 radical (unpaired) electrons. The van der Waals surface area contributed by atoms with E-state index in [2.05, 4.69) is 4.98 Å². The Hall–Kier alpha value is -2.06. The Kier molecular flexibility index (Phi) is 6.64. The highest BCUT2D eigenvalue weighted by molar-refractivity contribution is 14.1. The van der Waals surface area contributed by atoms with E-state index in [-0.39, 0.29) is 16.6 Å². The summed E-state index contributed by atoms with van der Waals surface area (Å²) in [6.45, 7) is 2.22. The second-order valence-electron chi connectivity index (χ2n) is 8.13. The lowest BCUT2D eigenvalue weighted by Gasteiger charge is -2.34. The van der Waals surface area contributed by atoms with Crippen LogP contribution in [0.2, 0.25) is 0 Å². The number of alkyl halides is 1. The van der Waals surface area contributed by atoms with Crippen molar-refractivity contribution in [1.29, 1.82) is 0 Å². The fraction of sp³-hybridized carbons (Fsp3) is 0.304. The summed E-state index contributed by atoms with van der Waals surface area (Å²) in [7, 11) is -3.61. The third-order valence-electron chi connectivity index (χ3n) is 5.90. The molecule has 1 unspecified atom stereocenters. The summed E-state index contributed by atoms with van der Waals surface area (Å²) in [4.78, 5) is 20.0. The highest BCUT2D eigenvalue weighted by Crippen LogP contribution is 2.39. The van der Waals surface area contributed by atoms with Crippen molar-refractivity contribution < 1.29 is 17.9 Å². The average Bonchev–Trinajstić information content (AvgIpc) is 3.25. The lowest BCUT2D eigenvalue weighted by molar-refractivity contribution is -0.133. The van der Waals surface area contributed by atoms with Gasteiger partial charge in [0.2, 0.25) is 5.91 Å². The van der Waals surface area contributed by atoms with E-state index in [4.69, 9.17) is 10.6 Å². The number of amides is 1. The predicted octanol–water partition coefficient (Wildman–Crippen LogP) is 2.83. The molecule has 1 amide bonds. The number of hydrogen-bond acceptors (Lipinski definition) is 8. The Morgan fingerprint density at radius 3 is 2.65 bits per heavy atom. The van der Waals surface area contributed by atoms with Crippen molar-refractivity contribution in [3.8, 4) is 0 Å². The summed E-state index contributed by atoms with van der Waals surface area (Å²) in [5.41, 5.74) is 2.49. The molecule has 0 spiro atoms. The standard InChI is InChI=1S/C23H23IN4O4S2/c24-21(23(29)27-9-11-32-12-10-27)16-14-34(30,31)19-8-4-1-5-15(19)22(16)28(25)13-20-26-17-6-2-3-7-18(17)33-20/h1-8,21H,9-14,25H2. The van der Waals surface area contributed by atoms with E-state index in [0.29, 0.717) is 49.7 Å². The van der Waals surface area contributed by atoms with Gasteiger partial charge in [0.25, 0.3) is 0 Å². The van der Waals surface area contributed by atoms with Gasteiger partial charge in [0.1, 0.15) is 8.93 Å². The summed E-state index contributed by atoms with van der Waals surface area (Å²) in [5, 5.41) is 2.35. The number of thiazole rings is 1. The van der Waals surface area contributed by atoms with Gasteiger partial charge >= 0.3 is 0 Å². The Bertz CT molecular complexity index is 1350. The maximum atomic E-state index is 13.3. The summed E-state index contributed by atoms with van der Waals surface area (Å²) < 4.78 is 32.1. The normalized spacial score (nSPS) is 18.6. The number of ether oxygens (including phenoxy) is 1. The Morgan fingerprint density at radius 1 is 1.18 bits per heavy atom. The van der Waals surface area contributed by atoms with Gasteiger partial charge in [0.15, 0.2) is 9.84 Å². The van der Waals surface area contributed by atoms with E-state index in [1.807, 2.05) is 46.9 Å². The van der Waals surface area contributed by atoms with Crippen LogP contribution in [0.3, 0.4) is 0 Å². The molecule has 3 heterocycles. The number of carbonyl (C=O) groups is 1. The molecule has 8 nitrogen and oxygen atoms in total. The predicted molar refractivity (Wildman–Crippen MR) is 140 cm³/mol. The molecule has 0 saturated carbocycles. The molecule has 5 rings (SSSR count).